The molecule has 31 heavy (non-hydrogen) atoms. The van der Waals surface area contributed by atoms with Gasteiger partial charge >= 0.3 is 5.97 Å². The number of nitrogens with one attached hydrogen (secondary N) is 1. The first-order valence-corrected chi connectivity index (χ1v) is 9.98. The van der Waals surface area contributed by atoms with E-state index in [2.05, 4.69) is 15.4 Å². The van der Waals surface area contributed by atoms with Crippen molar-refractivity contribution in [2.24, 2.45) is 0 Å². The van der Waals surface area contributed by atoms with Crippen LogP contribution in [0.3, 0.4) is 0 Å². The highest BCUT2D eigenvalue weighted by atomic mass is 16.5. The Morgan fingerprint density at radius 2 is 1.90 bits per heavy atom. The van der Waals surface area contributed by atoms with Crippen molar-refractivity contribution in [1.82, 2.24) is 20.1 Å². The lowest BCUT2D eigenvalue weighted by atomic mass is 10.1. The minimum Gasteiger partial charge on any atom is -0.452 e. The average molecular weight is 418 g/mol. The summed E-state index contributed by atoms with van der Waals surface area (Å²) >= 11 is 0. The van der Waals surface area contributed by atoms with E-state index < -0.39 is 5.97 Å². The van der Waals surface area contributed by atoms with E-state index in [0.717, 1.165) is 16.7 Å². The van der Waals surface area contributed by atoms with Crippen LogP contribution in [-0.4, -0.2) is 38.8 Å². The molecule has 0 aliphatic heterocycles. The molecule has 3 aromatic rings. The molecule has 7 nitrogen and oxygen atoms in total. The molecule has 0 bridgehead atoms. The van der Waals surface area contributed by atoms with Crippen LogP contribution in [-0.2, 0) is 20.9 Å². The molecule has 2 heterocycles. The highest BCUT2D eigenvalue weighted by molar-refractivity contribution is 5.90. The summed E-state index contributed by atoms with van der Waals surface area (Å²) in [5.74, 6) is -0.946. The second kappa shape index (κ2) is 9.84. The molecule has 2 aromatic heterocycles. The van der Waals surface area contributed by atoms with Crippen molar-refractivity contribution in [2.45, 2.75) is 32.9 Å². The maximum absolute atomic E-state index is 12.1. The summed E-state index contributed by atoms with van der Waals surface area (Å²) in [6, 6.07) is 13.7. The van der Waals surface area contributed by atoms with E-state index in [1.54, 1.807) is 18.5 Å². The van der Waals surface area contributed by atoms with Crippen molar-refractivity contribution in [1.29, 1.82) is 0 Å². The zero-order valence-electron chi connectivity index (χ0n) is 17.9. The Bertz CT molecular complexity index is 1050. The molecule has 1 amide bonds. The fourth-order valence-electron chi connectivity index (χ4n) is 2.93. The van der Waals surface area contributed by atoms with Crippen LogP contribution in [0.25, 0.3) is 17.3 Å². The minimum atomic E-state index is -0.600. The lowest BCUT2D eigenvalue weighted by Crippen LogP contribution is -2.42. The first-order chi connectivity index (χ1) is 14.8. The Hall–Kier alpha value is -3.74. The summed E-state index contributed by atoms with van der Waals surface area (Å²) in [5.41, 5.74) is 3.03. The Balaban J connectivity index is 1.74. The summed E-state index contributed by atoms with van der Waals surface area (Å²) < 4.78 is 6.86. The molecule has 7 heteroatoms. The molecule has 0 unspecified atom stereocenters. The van der Waals surface area contributed by atoms with Crippen LogP contribution in [0.15, 0.2) is 67.1 Å². The maximum Gasteiger partial charge on any atom is 0.331 e. The summed E-state index contributed by atoms with van der Waals surface area (Å²) in [7, 11) is 0. The average Bonchev–Trinajstić information content (AvgIpc) is 3.13. The molecular formula is C24H26N4O3. The van der Waals surface area contributed by atoms with Crippen LogP contribution in [0.1, 0.15) is 31.9 Å². The fraction of sp³-hybridized carbons (Fsp3) is 0.250. The number of esters is 1. The Morgan fingerprint density at radius 1 is 1.13 bits per heavy atom. The molecular weight excluding hydrogens is 392 g/mol. The molecule has 0 radical (unpaired) electrons. The molecule has 0 saturated carbocycles. The van der Waals surface area contributed by atoms with Gasteiger partial charge in [-0.2, -0.15) is 5.10 Å². The van der Waals surface area contributed by atoms with Crippen LogP contribution in [0.4, 0.5) is 0 Å². The zero-order valence-corrected chi connectivity index (χ0v) is 17.9. The van der Waals surface area contributed by atoms with Crippen molar-refractivity contribution in [3.05, 3.63) is 78.3 Å². The van der Waals surface area contributed by atoms with Gasteiger partial charge in [0.1, 0.15) is 5.69 Å². The van der Waals surface area contributed by atoms with Gasteiger partial charge in [-0.15, -0.1) is 0 Å². The Labute approximate surface area is 181 Å². The molecule has 0 atom stereocenters. The van der Waals surface area contributed by atoms with E-state index in [1.807, 2.05) is 74.1 Å². The van der Waals surface area contributed by atoms with Gasteiger partial charge in [0.05, 0.1) is 6.54 Å². The first kappa shape index (κ1) is 22.0. The summed E-state index contributed by atoms with van der Waals surface area (Å²) in [6.07, 6.45) is 8.22. The number of carbonyl (C=O) groups is 2. The molecule has 1 N–H and O–H groups in total. The van der Waals surface area contributed by atoms with E-state index in [1.165, 1.54) is 6.08 Å². The van der Waals surface area contributed by atoms with Crippen LogP contribution in [0, 0.1) is 0 Å². The smallest absolute Gasteiger partial charge is 0.331 e. The van der Waals surface area contributed by atoms with E-state index in [-0.39, 0.29) is 18.1 Å². The molecule has 0 spiro atoms. The van der Waals surface area contributed by atoms with E-state index in [4.69, 9.17) is 4.74 Å². The third-order valence-electron chi connectivity index (χ3n) is 4.17. The van der Waals surface area contributed by atoms with Gasteiger partial charge in [0.25, 0.3) is 5.91 Å². The van der Waals surface area contributed by atoms with Gasteiger partial charge in [-0.05, 0) is 44.5 Å². The normalized spacial score (nSPS) is 11.5. The van der Waals surface area contributed by atoms with Gasteiger partial charge in [0, 0.05) is 41.3 Å². The largest absolute Gasteiger partial charge is 0.452 e. The maximum atomic E-state index is 12.1. The minimum absolute atomic E-state index is 0.330. The van der Waals surface area contributed by atoms with Crippen LogP contribution < -0.4 is 5.32 Å². The van der Waals surface area contributed by atoms with Gasteiger partial charge in [0.15, 0.2) is 6.61 Å². The highest BCUT2D eigenvalue weighted by Crippen LogP contribution is 2.23. The number of ether oxygens (including phenoxy) is 1. The van der Waals surface area contributed by atoms with Crippen LogP contribution in [0.2, 0.25) is 0 Å². The molecule has 1 aromatic carbocycles. The number of rotatable bonds is 7. The van der Waals surface area contributed by atoms with Crippen molar-refractivity contribution in [2.75, 3.05) is 6.61 Å². The molecule has 160 valence electrons. The van der Waals surface area contributed by atoms with Gasteiger partial charge in [0.2, 0.25) is 0 Å². The molecule has 0 fully saturated rings. The second-order valence-electron chi connectivity index (χ2n) is 8.10. The van der Waals surface area contributed by atoms with Crippen molar-refractivity contribution in [3.63, 3.8) is 0 Å². The number of pyridine rings is 1. The number of hydrogen-bond acceptors (Lipinski definition) is 5. The predicted octanol–water partition coefficient (Wildman–Crippen LogP) is 3.46. The van der Waals surface area contributed by atoms with E-state index in [9.17, 15) is 9.59 Å². The molecule has 0 aliphatic rings. The predicted molar refractivity (Wildman–Crippen MR) is 119 cm³/mol. The van der Waals surface area contributed by atoms with E-state index in [0.29, 0.717) is 12.2 Å². The Morgan fingerprint density at radius 3 is 2.58 bits per heavy atom. The standard InChI is InChI=1S/C24H26N4O3/c1-24(2,3)26-21(29)17-31-22(30)12-11-20-16-28(15-18-8-5-4-6-9-18)27-23(20)19-10-7-13-25-14-19/h4-14,16H,15,17H2,1-3H3,(H,26,29)/b12-11+. The molecule has 0 aliphatic carbocycles. The summed E-state index contributed by atoms with van der Waals surface area (Å²) in [4.78, 5) is 28.1. The monoisotopic (exact) mass is 418 g/mol. The SMILES string of the molecule is CC(C)(C)NC(=O)COC(=O)/C=C/c1cn(Cc2ccccc2)nc1-c1cccnc1. The molecule has 0 saturated heterocycles. The number of amides is 1. The third-order valence-corrected chi connectivity index (χ3v) is 4.17. The number of nitrogens with zero attached hydrogens (tertiary/aromatic N) is 3. The zero-order chi connectivity index (χ0) is 22.3. The van der Waals surface area contributed by atoms with E-state index >= 15 is 0 Å². The van der Waals surface area contributed by atoms with Gasteiger partial charge in [-0.3, -0.25) is 14.5 Å². The topological polar surface area (TPSA) is 86.1 Å². The fourth-order valence-corrected chi connectivity index (χ4v) is 2.93. The van der Waals surface area contributed by atoms with Gasteiger partial charge < -0.3 is 10.1 Å². The number of aromatic nitrogens is 3. The molecule has 3 rings (SSSR count). The van der Waals surface area contributed by atoms with Crippen molar-refractivity contribution < 1.29 is 14.3 Å². The van der Waals surface area contributed by atoms with Gasteiger partial charge in [-0.25, -0.2) is 4.79 Å². The first-order valence-electron chi connectivity index (χ1n) is 9.98. The Kier molecular flexibility index (Phi) is 6.97. The number of benzene rings is 1. The highest BCUT2D eigenvalue weighted by Gasteiger charge is 2.15. The van der Waals surface area contributed by atoms with Crippen molar-refractivity contribution >= 4 is 18.0 Å². The number of carbonyl (C=O) groups excluding carboxylic acids is 2. The number of hydrogen-bond donors (Lipinski definition) is 1. The quantitative estimate of drug-likeness (QED) is 0.469. The van der Waals surface area contributed by atoms with Crippen molar-refractivity contribution in [3.8, 4) is 11.3 Å². The van der Waals surface area contributed by atoms with Gasteiger partial charge in [-0.1, -0.05) is 30.3 Å². The summed E-state index contributed by atoms with van der Waals surface area (Å²) in [6.45, 7) is 5.85. The second-order valence-corrected chi connectivity index (χ2v) is 8.10. The summed E-state index contributed by atoms with van der Waals surface area (Å²) in [5, 5.41) is 7.42. The lowest BCUT2D eigenvalue weighted by Gasteiger charge is -2.20. The van der Waals surface area contributed by atoms with Crippen LogP contribution >= 0.6 is 0 Å². The lowest BCUT2D eigenvalue weighted by molar-refractivity contribution is -0.144. The van der Waals surface area contributed by atoms with Crippen LogP contribution in [0.5, 0.6) is 0 Å². The third kappa shape index (κ3) is 6.92.